The first-order valence-corrected chi connectivity index (χ1v) is 10.8. The third-order valence-electron chi connectivity index (χ3n) is 4.32. The molecule has 0 saturated carbocycles. The van der Waals surface area contributed by atoms with E-state index in [9.17, 15) is 0 Å². The fourth-order valence-electron chi connectivity index (χ4n) is 2.73. The molecule has 0 saturated heterocycles. The van der Waals surface area contributed by atoms with Gasteiger partial charge in [-0.1, -0.05) is 36.1 Å². The van der Waals surface area contributed by atoms with E-state index in [-0.39, 0.29) is 12.2 Å². The smallest absolute Gasteiger partial charge is 0.113 e. The molecular weight excluding hydrogens is 396 g/mol. The normalized spacial score (nSPS) is 10.4. The maximum atomic E-state index is 5.63. The lowest BCUT2D eigenvalue weighted by molar-refractivity contribution is 0.0634. The van der Waals surface area contributed by atoms with Crippen LogP contribution in [0.4, 0.5) is 0 Å². The van der Waals surface area contributed by atoms with Gasteiger partial charge in [-0.2, -0.15) is 0 Å². The van der Waals surface area contributed by atoms with Crippen LogP contribution in [0.15, 0.2) is 60.7 Å². The maximum absolute atomic E-state index is 5.63. The van der Waals surface area contributed by atoms with Crippen LogP contribution in [-0.4, -0.2) is 22.2 Å². The summed E-state index contributed by atoms with van der Waals surface area (Å²) in [4.78, 5) is 9.13. The third-order valence-corrected chi connectivity index (χ3v) is 4.32. The van der Waals surface area contributed by atoms with E-state index in [2.05, 4.69) is 33.6 Å². The maximum Gasteiger partial charge on any atom is 0.113 e. The van der Waals surface area contributed by atoms with Gasteiger partial charge in [-0.25, -0.2) is 9.97 Å². The van der Waals surface area contributed by atoms with Crippen molar-refractivity contribution in [2.45, 2.75) is 53.1 Å². The Morgan fingerprint density at radius 2 is 1.03 bits per heavy atom. The topological polar surface area (TPSA) is 44.2 Å². The largest absolute Gasteiger partial charge is 0.373 e. The summed E-state index contributed by atoms with van der Waals surface area (Å²) in [6, 6.07) is 19.4. The number of hydrogen-bond donors (Lipinski definition) is 0. The van der Waals surface area contributed by atoms with Crippen molar-refractivity contribution >= 4 is 0 Å². The number of aromatic nitrogens is 2. The van der Waals surface area contributed by atoms with Gasteiger partial charge in [0.05, 0.1) is 36.8 Å². The fourth-order valence-corrected chi connectivity index (χ4v) is 2.73. The van der Waals surface area contributed by atoms with Crippen molar-refractivity contribution in [3.63, 3.8) is 0 Å². The van der Waals surface area contributed by atoms with Crippen molar-refractivity contribution in [1.82, 2.24) is 9.97 Å². The lowest BCUT2D eigenvalue weighted by Gasteiger charge is -2.06. The third kappa shape index (κ3) is 7.67. The molecule has 162 valence electrons. The molecule has 0 amide bonds. The minimum Gasteiger partial charge on any atom is -0.373 e. The Hall–Kier alpha value is -3.44. The molecule has 4 heteroatoms. The summed E-state index contributed by atoms with van der Waals surface area (Å²) in [5.41, 5.74) is 4.85. The van der Waals surface area contributed by atoms with Gasteiger partial charge in [0.1, 0.15) is 11.4 Å². The zero-order valence-corrected chi connectivity index (χ0v) is 19.1. The van der Waals surface area contributed by atoms with E-state index >= 15 is 0 Å². The average molecular weight is 425 g/mol. The second kappa shape index (κ2) is 11.8. The molecule has 0 aliphatic heterocycles. The Kier molecular flexibility index (Phi) is 8.58. The Labute approximate surface area is 191 Å². The van der Waals surface area contributed by atoms with Gasteiger partial charge in [-0.15, -0.1) is 0 Å². The van der Waals surface area contributed by atoms with Crippen LogP contribution in [0, 0.1) is 23.7 Å². The molecule has 0 fully saturated rings. The van der Waals surface area contributed by atoms with Crippen molar-refractivity contribution < 1.29 is 9.47 Å². The highest BCUT2D eigenvalue weighted by Crippen LogP contribution is 2.08. The Morgan fingerprint density at radius 3 is 1.44 bits per heavy atom. The molecule has 2 aromatic heterocycles. The standard InChI is InChI=1S/C28H28N2O2/c1-21(2)31-19-27-13-7-11-25(29-27)17-15-23-9-5-6-10-24(23)16-18-26-12-8-14-28(30-26)20-32-22(3)4/h5-14,21-22H,19-20H2,1-4H3. The van der Waals surface area contributed by atoms with Crippen molar-refractivity contribution in [2.24, 2.45) is 0 Å². The molecule has 0 radical (unpaired) electrons. The van der Waals surface area contributed by atoms with Crippen molar-refractivity contribution in [3.8, 4) is 23.7 Å². The van der Waals surface area contributed by atoms with E-state index in [1.54, 1.807) is 0 Å². The SMILES string of the molecule is CC(C)OCc1cccc(C#Cc2ccccc2C#Cc2cccc(COC(C)C)n2)n1. The Balaban J connectivity index is 1.78. The summed E-state index contributed by atoms with van der Waals surface area (Å²) in [6.07, 6.45) is 0.324. The van der Waals surface area contributed by atoms with E-state index in [4.69, 9.17) is 9.47 Å². The van der Waals surface area contributed by atoms with E-state index in [1.165, 1.54) is 0 Å². The molecule has 0 N–H and O–H groups in total. The van der Waals surface area contributed by atoms with Crippen LogP contribution < -0.4 is 0 Å². The number of benzene rings is 1. The predicted molar refractivity (Wildman–Crippen MR) is 127 cm³/mol. The molecule has 32 heavy (non-hydrogen) atoms. The fraction of sp³-hybridized carbons (Fsp3) is 0.286. The molecule has 2 heterocycles. The van der Waals surface area contributed by atoms with Crippen LogP contribution in [0.25, 0.3) is 0 Å². The number of pyridine rings is 2. The molecule has 0 atom stereocenters. The second-order valence-electron chi connectivity index (χ2n) is 7.79. The summed E-state index contributed by atoms with van der Waals surface area (Å²) in [5.74, 6) is 12.7. The molecule has 4 nitrogen and oxygen atoms in total. The zero-order chi connectivity index (χ0) is 22.8. The molecule has 0 aliphatic carbocycles. The van der Waals surface area contributed by atoms with Crippen LogP contribution >= 0.6 is 0 Å². The highest BCUT2D eigenvalue weighted by molar-refractivity contribution is 5.53. The van der Waals surface area contributed by atoms with E-state index in [0.717, 1.165) is 22.5 Å². The summed E-state index contributed by atoms with van der Waals surface area (Å²) in [7, 11) is 0. The van der Waals surface area contributed by atoms with E-state index in [1.807, 2.05) is 88.4 Å². The van der Waals surface area contributed by atoms with Gasteiger partial charge in [-0.05, 0) is 75.9 Å². The number of nitrogens with zero attached hydrogens (tertiary/aromatic N) is 2. The van der Waals surface area contributed by atoms with Crippen LogP contribution in [0.5, 0.6) is 0 Å². The summed E-state index contributed by atoms with van der Waals surface area (Å²) >= 11 is 0. The first-order valence-electron chi connectivity index (χ1n) is 10.8. The predicted octanol–water partition coefficient (Wildman–Crippen LogP) is 5.13. The first-order chi connectivity index (χ1) is 15.5. The van der Waals surface area contributed by atoms with Gasteiger partial charge in [0.2, 0.25) is 0 Å². The molecule has 0 bridgehead atoms. The van der Waals surface area contributed by atoms with Crippen LogP contribution in [0.2, 0.25) is 0 Å². The highest BCUT2D eigenvalue weighted by atomic mass is 16.5. The molecule has 1 aromatic carbocycles. The first kappa shape index (κ1) is 23.2. The highest BCUT2D eigenvalue weighted by Gasteiger charge is 2.01. The number of ether oxygens (including phenoxy) is 2. The summed E-state index contributed by atoms with van der Waals surface area (Å²) < 4.78 is 11.3. The van der Waals surface area contributed by atoms with Gasteiger partial charge in [0.25, 0.3) is 0 Å². The minimum absolute atomic E-state index is 0.162. The molecule has 0 aliphatic rings. The monoisotopic (exact) mass is 424 g/mol. The average Bonchev–Trinajstić information content (AvgIpc) is 2.80. The zero-order valence-electron chi connectivity index (χ0n) is 19.1. The Bertz CT molecular complexity index is 1070. The van der Waals surface area contributed by atoms with Crippen molar-refractivity contribution in [1.29, 1.82) is 0 Å². The molecule has 3 rings (SSSR count). The van der Waals surface area contributed by atoms with Gasteiger partial charge in [0, 0.05) is 11.1 Å². The molecular formula is C28H28N2O2. The van der Waals surface area contributed by atoms with Crippen LogP contribution in [-0.2, 0) is 22.7 Å². The lowest BCUT2D eigenvalue weighted by atomic mass is 10.1. The van der Waals surface area contributed by atoms with Gasteiger partial charge in [-0.3, -0.25) is 0 Å². The quantitative estimate of drug-likeness (QED) is 0.515. The van der Waals surface area contributed by atoms with E-state index in [0.29, 0.717) is 24.6 Å². The number of hydrogen-bond acceptors (Lipinski definition) is 4. The number of rotatable bonds is 6. The lowest BCUT2D eigenvalue weighted by Crippen LogP contribution is -2.04. The van der Waals surface area contributed by atoms with Gasteiger partial charge < -0.3 is 9.47 Å². The van der Waals surface area contributed by atoms with Crippen molar-refractivity contribution in [3.05, 3.63) is 94.6 Å². The molecule has 3 aromatic rings. The minimum atomic E-state index is 0.162. The Morgan fingerprint density at radius 1 is 0.594 bits per heavy atom. The van der Waals surface area contributed by atoms with Crippen molar-refractivity contribution in [2.75, 3.05) is 0 Å². The molecule has 0 spiro atoms. The van der Waals surface area contributed by atoms with Crippen LogP contribution in [0.1, 0.15) is 61.6 Å². The molecule has 0 unspecified atom stereocenters. The van der Waals surface area contributed by atoms with Gasteiger partial charge in [0.15, 0.2) is 0 Å². The van der Waals surface area contributed by atoms with E-state index < -0.39 is 0 Å². The van der Waals surface area contributed by atoms with Crippen LogP contribution in [0.3, 0.4) is 0 Å². The second-order valence-corrected chi connectivity index (χ2v) is 7.79. The summed E-state index contributed by atoms with van der Waals surface area (Å²) in [6.45, 7) is 8.98. The summed E-state index contributed by atoms with van der Waals surface area (Å²) in [5, 5.41) is 0. The van der Waals surface area contributed by atoms with Gasteiger partial charge >= 0.3 is 0 Å².